The summed E-state index contributed by atoms with van der Waals surface area (Å²) in [7, 11) is 0. The van der Waals surface area contributed by atoms with Crippen LogP contribution >= 0.6 is 0 Å². The van der Waals surface area contributed by atoms with E-state index in [0.29, 0.717) is 17.8 Å². The number of aliphatic hydroxyl groups excluding tert-OH is 2. The van der Waals surface area contributed by atoms with Gasteiger partial charge in [0.25, 0.3) is 0 Å². The summed E-state index contributed by atoms with van der Waals surface area (Å²) in [5, 5.41) is 18.7. The average Bonchev–Trinajstić information content (AvgIpc) is 2.03. The van der Waals surface area contributed by atoms with Crippen molar-refractivity contribution in [1.29, 1.82) is 0 Å². The summed E-state index contributed by atoms with van der Waals surface area (Å²) in [6.45, 7) is 4.56. The van der Waals surface area contributed by atoms with Gasteiger partial charge in [-0.05, 0) is 37.0 Å². The lowest BCUT2D eigenvalue weighted by atomic mass is 9.75. The Labute approximate surface area is 74.6 Å². The highest BCUT2D eigenvalue weighted by Gasteiger charge is 2.30. The van der Waals surface area contributed by atoms with Crippen LogP contribution in [0.2, 0.25) is 0 Å². The molecule has 72 valence electrons. The third-order valence-corrected chi connectivity index (χ3v) is 3.09. The molecule has 0 amide bonds. The van der Waals surface area contributed by atoms with E-state index < -0.39 is 0 Å². The summed E-state index contributed by atoms with van der Waals surface area (Å²) in [6.07, 6.45) is 2.76. The molecule has 0 radical (unpaired) electrons. The zero-order chi connectivity index (χ0) is 9.14. The van der Waals surface area contributed by atoms with Crippen LogP contribution in [0, 0.1) is 17.8 Å². The molecule has 3 unspecified atom stereocenters. The number of hydrogen-bond donors (Lipinski definition) is 2. The first kappa shape index (κ1) is 10.0. The molecule has 0 bridgehead atoms. The minimum atomic E-state index is -0.184. The summed E-state index contributed by atoms with van der Waals surface area (Å²) in [6, 6.07) is 0. The van der Waals surface area contributed by atoms with Gasteiger partial charge in [-0.1, -0.05) is 13.8 Å². The molecule has 1 aliphatic rings. The van der Waals surface area contributed by atoms with Crippen LogP contribution < -0.4 is 0 Å². The Morgan fingerprint density at radius 3 is 2.42 bits per heavy atom. The van der Waals surface area contributed by atoms with Gasteiger partial charge in [-0.15, -0.1) is 0 Å². The fourth-order valence-corrected chi connectivity index (χ4v) is 2.20. The molecule has 0 saturated heterocycles. The predicted molar refractivity (Wildman–Crippen MR) is 48.8 cm³/mol. The van der Waals surface area contributed by atoms with Gasteiger partial charge in [0.05, 0.1) is 6.10 Å². The maximum Gasteiger partial charge on any atom is 0.0574 e. The van der Waals surface area contributed by atoms with Crippen molar-refractivity contribution >= 4 is 0 Å². The van der Waals surface area contributed by atoms with Crippen LogP contribution in [-0.2, 0) is 0 Å². The van der Waals surface area contributed by atoms with Gasteiger partial charge in [-0.3, -0.25) is 0 Å². The molecule has 0 aromatic carbocycles. The predicted octanol–water partition coefficient (Wildman–Crippen LogP) is 1.41. The molecule has 0 aromatic rings. The molecular formula is C10H20O2. The van der Waals surface area contributed by atoms with Gasteiger partial charge in [0.2, 0.25) is 0 Å². The fourth-order valence-electron chi connectivity index (χ4n) is 2.20. The molecule has 1 fully saturated rings. The standard InChI is InChI=1S/C10H20O2/c1-7(2)9-4-3-8(6-11)5-10(9)12/h7-12H,3-6H2,1-2H3. The van der Waals surface area contributed by atoms with E-state index >= 15 is 0 Å². The minimum absolute atomic E-state index is 0.184. The fraction of sp³-hybridized carbons (Fsp3) is 1.00. The van der Waals surface area contributed by atoms with E-state index in [9.17, 15) is 5.11 Å². The molecule has 0 heterocycles. The Hall–Kier alpha value is -0.0800. The summed E-state index contributed by atoms with van der Waals surface area (Å²) in [4.78, 5) is 0. The van der Waals surface area contributed by atoms with Crippen molar-refractivity contribution in [2.45, 2.75) is 39.2 Å². The average molecular weight is 172 g/mol. The van der Waals surface area contributed by atoms with Gasteiger partial charge in [0.1, 0.15) is 0 Å². The molecule has 1 rings (SSSR count). The summed E-state index contributed by atoms with van der Waals surface area (Å²) in [5.74, 6) is 1.36. The minimum Gasteiger partial charge on any atom is -0.396 e. The van der Waals surface area contributed by atoms with Crippen molar-refractivity contribution < 1.29 is 10.2 Å². The van der Waals surface area contributed by atoms with E-state index in [4.69, 9.17) is 5.11 Å². The van der Waals surface area contributed by atoms with Crippen LogP contribution in [-0.4, -0.2) is 22.9 Å². The van der Waals surface area contributed by atoms with E-state index in [-0.39, 0.29) is 12.7 Å². The van der Waals surface area contributed by atoms with Crippen LogP contribution in [0.5, 0.6) is 0 Å². The molecule has 0 aliphatic heterocycles. The largest absolute Gasteiger partial charge is 0.396 e. The molecule has 3 atom stereocenters. The van der Waals surface area contributed by atoms with Crippen molar-refractivity contribution in [1.82, 2.24) is 0 Å². The van der Waals surface area contributed by atoms with E-state index in [1.165, 1.54) is 0 Å². The van der Waals surface area contributed by atoms with E-state index in [1.807, 2.05) is 0 Å². The molecule has 0 aromatic heterocycles. The first-order valence-electron chi connectivity index (χ1n) is 4.94. The highest BCUT2D eigenvalue weighted by atomic mass is 16.3. The van der Waals surface area contributed by atoms with Crippen molar-refractivity contribution in [2.75, 3.05) is 6.61 Å². The first-order valence-corrected chi connectivity index (χ1v) is 4.94. The Kier molecular flexibility index (Phi) is 3.53. The monoisotopic (exact) mass is 172 g/mol. The summed E-state index contributed by atoms with van der Waals surface area (Å²) >= 11 is 0. The molecule has 2 N–H and O–H groups in total. The van der Waals surface area contributed by atoms with Gasteiger partial charge < -0.3 is 10.2 Å². The van der Waals surface area contributed by atoms with Crippen molar-refractivity contribution in [2.24, 2.45) is 17.8 Å². The smallest absolute Gasteiger partial charge is 0.0574 e. The summed E-state index contributed by atoms with van der Waals surface area (Å²) < 4.78 is 0. The Balaban J connectivity index is 2.42. The molecule has 1 saturated carbocycles. The maximum absolute atomic E-state index is 9.73. The van der Waals surface area contributed by atoms with Gasteiger partial charge in [0.15, 0.2) is 0 Å². The zero-order valence-corrected chi connectivity index (χ0v) is 8.03. The van der Waals surface area contributed by atoms with Crippen LogP contribution in [0.15, 0.2) is 0 Å². The summed E-state index contributed by atoms with van der Waals surface area (Å²) in [5.41, 5.74) is 0. The van der Waals surface area contributed by atoms with Crippen LogP contribution in [0.3, 0.4) is 0 Å². The molecule has 2 heteroatoms. The molecule has 0 spiro atoms. The SMILES string of the molecule is CC(C)C1CCC(CO)CC1O. The van der Waals surface area contributed by atoms with Crippen molar-refractivity contribution in [3.05, 3.63) is 0 Å². The normalized spacial score (nSPS) is 37.2. The molecule has 2 nitrogen and oxygen atoms in total. The molecule has 1 aliphatic carbocycles. The number of rotatable bonds is 2. The lowest BCUT2D eigenvalue weighted by molar-refractivity contribution is 0.00928. The Morgan fingerprint density at radius 2 is 2.00 bits per heavy atom. The lowest BCUT2D eigenvalue weighted by Crippen LogP contribution is -2.33. The second-order valence-corrected chi connectivity index (χ2v) is 4.34. The maximum atomic E-state index is 9.73. The van der Waals surface area contributed by atoms with E-state index in [2.05, 4.69) is 13.8 Å². The van der Waals surface area contributed by atoms with Crippen LogP contribution in [0.1, 0.15) is 33.1 Å². The second kappa shape index (κ2) is 4.24. The third-order valence-electron chi connectivity index (χ3n) is 3.09. The van der Waals surface area contributed by atoms with Crippen LogP contribution in [0.4, 0.5) is 0 Å². The molecule has 12 heavy (non-hydrogen) atoms. The van der Waals surface area contributed by atoms with Crippen molar-refractivity contribution in [3.8, 4) is 0 Å². The molecular weight excluding hydrogens is 152 g/mol. The van der Waals surface area contributed by atoms with Gasteiger partial charge in [-0.25, -0.2) is 0 Å². The number of aliphatic hydroxyl groups is 2. The Morgan fingerprint density at radius 1 is 1.33 bits per heavy atom. The van der Waals surface area contributed by atoms with Crippen molar-refractivity contribution in [3.63, 3.8) is 0 Å². The highest BCUT2D eigenvalue weighted by Crippen LogP contribution is 2.33. The first-order chi connectivity index (χ1) is 5.65. The second-order valence-electron chi connectivity index (χ2n) is 4.34. The quantitative estimate of drug-likeness (QED) is 0.661. The third kappa shape index (κ3) is 2.20. The number of hydrogen-bond acceptors (Lipinski definition) is 2. The van der Waals surface area contributed by atoms with E-state index in [1.54, 1.807) is 0 Å². The van der Waals surface area contributed by atoms with Gasteiger partial charge in [-0.2, -0.15) is 0 Å². The topological polar surface area (TPSA) is 40.5 Å². The van der Waals surface area contributed by atoms with E-state index in [0.717, 1.165) is 19.3 Å². The van der Waals surface area contributed by atoms with Gasteiger partial charge in [0, 0.05) is 6.61 Å². The Bertz CT molecular complexity index is 134. The highest BCUT2D eigenvalue weighted by molar-refractivity contribution is 4.80. The lowest BCUT2D eigenvalue weighted by Gasteiger charge is -2.34. The van der Waals surface area contributed by atoms with Gasteiger partial charge >= 0.3 is 0 Å². The zero-order valence-electron chi connectivity index (χ0n) is 8.03. The van der Waals surface area contributed by atoms with Crippen LogP contribution in [0.25, 0.3) is 0 Å².